The maximum absolute atomic E-state index is 3.72. The number of hydrogen-bond acceptors (Lipinski definition) is 0. The van der Waals surface area contributed by atoms with Crippen molar-refractivity contribution in [2.24, 2.45) is 0 Å². The average Bonchev–Trinajstić information content (AvgIpc) is 2.21. The minimum atomic E-state index is 0. The Balaban J connectivity index is 0.000000245. The molecule has 1 heteroatoms. The Morgan fingerprint density at radius 2 is 0.800 bits per heavy atom. The molecule has 2 rings (SSSR count). The Morgan fingerprint density at radius 3 is 0.933 bits per heavy atom. The van der Waals surface area contributed by atoms with Gasteiger partial charge in [-0.05, 0) is 0 Å². The molecule has 0 aliphatic carbocycles. The van der Waals surface area contributed by atoms with E-state index in [1.807, 2.05) is 60.7 Å². The van der Waals surface area contributed by atoms with E-state index in [-0.39, 0.29) is 32.7 Å². The van der Waals surface area contributed by atoms with Crippen molar-refractivity contribution in [1.29, 1.82) is 0 Å². The second-order valence-electron chi connectivity index (χ2n) is 2.97. The van der Waals surface area contributed by atoms with Crippen LogP contribution < -0.4 is 0 Å². The molecule has 75 valence electrons. The molecule has 15 heavy (non-hydrogen) atoms. The van der Waals surface area contributed by atoms with Crippen molar-refractivity contribution in [3.05, 3.63) is 85.6 Å². The summed E-state index contributed by atoms with van der Waals surface area (Å²) in [7, 11) is 0. The molecule has 2 aromatic carbocycles. The average molecular weight is 271 g/mol. The first-order valence-electron chi connectivity index (χ1n) is 4.53. The summed E-state index contributed by atoms with van der Waals surface area (Å²) < 4.78 is 0. The predicted octanol–water partition coefficient (Wildman–Crippen LogP) is 3.74. The summed E-state index contributed by atoms with van der Waals surface area (Å²) in [5.74, 6) is 0. The SMILES string of the molecule is [CH2-]c1ccccc1.[CH2-]c1ccccc1.[Y]. The van der Waals surface area contributed by atoms with E-state index in [0.717, 1.165) is 11.1 Å². The first-order valence-corrected chi connectivity index (χ1v) is 4.53. The summed E-state index contributed by atoms with van der Waals surface area (Å²) in [6, 6.07) is 19.7. The van der Waals surface area contributed by atoms with E-state index >= 15 is 0 Å². The molecule has 0 N–H and O–H groups in total. The minimum absolute atomic E-state index is 0. The molecular weight excluding hydrogens is 257 g/mol. The monoisotopic (exact) mass is 271 g/mol. The van der Waals surface area contributed by atoms with Crippen molar-refractivity contribution in [3.8, 4) is 0 Å². The topological polar surface area (TPSA) is 0 Å². The van der Waals surface area contributed by atoms with Crippen molar-refractivity contribution in [1.82, 2.24) is 0 Å². The Labute approximate surface area is 118 Å². The van der Waals surface area contributed by atoms with Gasteiger partial charge in [0.25, 0.3) is 0 Å². The zero-order valence-electron chi connectivity index (χ0n) is 8.77. The number of rotatable bonds is 0. The number of benzene rings is 2. The van der Waals surface area contributed by atoms with E-state index in [2.05, 4.69) is 13.8 Å². The van der Waals surface area contributed by atoms with Crippen molar-refractivity contribution in [2.45, 2.75) is 0 Å². The Hall–Kier alpha value is -0.716. The summed E-state index contributed by atoms with van der Waals surface area (Å²) in [5, 5.41) is 0. The van der Waals surface area contributed by atoms with Gasteiger partial charge in [0.05, 0.1) is 0 Å². The van der Waals surface area contributed by atoms with Gasteiger partial charge in [-0.1, -0.05) is 12.1 Å². The zero-order valence-corrected chi connectivity index (χ0v) is 11.6. The van der Waals surface area contributed by atoms with E-state index in [0.29, 0.717) is 0 Å². The molecule has 1 radical (unpaired) electrons. The molecule has 0 spiro atoms. The van der Waals surface area contributed by atoms with Gasteiger partial charge < -0.3 is 0 Å². The van der Waals surface area contributed by atoms with Crippen molar-refractivity contribution in [3.63, 3.8) is 0 Å². The molecule has 0 aliphatic rings. The fourth-order valence-electron chi connectivity index (χ4n) is 0.956. The maximum Gasteiger partial charge on any atom is 0 e. The van der Waals surface area contributed by atoms with Crippen LogP contribution in [-0.2, 0) is 32.7 Å². The van der Waals surface area contributed by atoms with E-state index in [9.17, 15) is 0 Å². The fraction of sp³-hybridized carbons (Fsp3) is 0. The molecule has 0 saturated heterocycles. The number of hydrogen-bond donors (Lipinski definition) is 0. The second-order valence-corrected chi connectivity index (χ2v) is 2.97. The maximum atomic E-state index is 3.72. The van der Waals surface area contributed by atoms with Crippen LogP contribution in [0.25, 0.3) is 0 Å². The standard InChI is InChI=1S/2C7H7.Y/c2*1-7-5-3-2-4-6-7;/h2*2-6H,1H2;/q2*-1;. The minimum Gasteiger partial charge on any atom is -0.199 e. The molecule has 0 saturated carbocycles. The van der Waals surface area contributed by atoms with Gasteiger partial charge in [-0.2, -0.15) is 49.2 Å². The smallest absolute Gasteiger partial charge is 0 e. The summed E-state index contributed by atoms with van der Waals surface area (Å²) in [4.78, 5) is 0. The van der Waals surface area contributed by atoms with Crippen LogP contribution in [0.5, 0.6) is 0 Å². The van der Waals surface area contributed by atoms with Gasteiger partial charge in [-0.25, -0.2) is 0 Å². The molecule has 2 aromatic rings. The normalized spacial score (nSPS) is 8.00. The molecule has 0 bridgehead atoms. The summed E-state index contributed by atoms with van der Waals surface area (Å²) in [6.45, 7) is 7.44. The van der Waals surface area contributed by atoms with Crippen molar-refractivity contribution < 1.29 is 32.7 Å². The third-order valence-electron chi connectivity index (χ3n) is 1.69. The van der Waals surface area contributed by atoms with Gasteiger partial charge in [0.1, 0.15) is 0 Å². The van der Waals surface area contributed by atoms with Crippen LogP contribution >= 0.6 is 0 Å². The summed E-state index contributed by atoms with van der Waals surface area (Å²) in [5.41, 5.74) is 2.14. The van der Waals surface area contributed by atoms with Gasteiger partial charge in [0, 0.05) is 32.7 Å². The van der Waals surface area contributed by atoms with Crippen molar-refractivity contribution >= 4 is 0 Å². The molecule has 0 atom stereocenters. The van der Waals surface area contributed by atoms with Crippen LogP contribution in [0.3, 0.4) is 0 Å². The largest absolute Gasteiger partial charge is 0.199 e. The van der Waals surface area contributed by atoms with Crippen LogP contribution in [0.1, 0.15) is 11.1 Å². The summed E-state index contributed by atoms with van der Waals surface area (Å²) >= 11 is 0. The van der Waals surface area contributed by atoms with Crippen LogP contribution in [0, 0.1) is 13.8 Å². The first-order chi connectivity index (χ1) is 6.79. The Kier molecular flexibility index (Phi) is 8.17. The quantitative estimate of drug-likeness (QED) is 0.640. The Morgan fingerprint density at radius 1 is 0.533 bits per heavy atom. The molecular formula is C14H14Y-2. The molecule has 0 nitrogen and oxygen atoms in total. The fourth-order valence-corrected chi connectivity index (χ4v) is 0.956. The van der Waals surface area contributed by atoms with Gasteiger partial charge >= 0.3 is 0 Å². The van der Waals surface area contributed by atoms with Crippen LogP contribution in [0.15, 0.2) is 60.7 Å². The van der Waals surface area contributed by atoms with Crippen LogP contribution in [-0.4, -0.2) is 0 Å². The Bertz CT molecular complexity index is 303. The third kappa shape index (κ3) is 7.24. The predicted molar refractivity (Wildman–Crippen MR) is 61.8 cm³/mol. The van der Waals surface area contributed by atoms with Gasteiger partial charge in [-0.3, -0.25) is 0 Å². The molecule has 0 aliphatic heterocycles. The zero-order chi connectivity index (χ0) is 10.2. The van der Waals surface area contributed by atoms with E-state index in [1.54, 1.807) is 0 Å². The van der Waals surface area contributed by atoms with Crippen molar-refractivity contribution in [2.75, 3.05) is 0 Å². The molecule has 0 heterocycles. The van der Waals surface area contributed by atoms with E-state index < -0.39 is 0 Å². The van der Waals surface area contributed by atoms with Gasteiger partial charge in [0.15, 0.2) is 0 Å². The van der Waals surface area contributed by atoms with Gasteiger partial charge in [0.2, 0.25) is 0 Å². The van der Waals surface area contributed by atoms with Gasteiger partial charge in [-0.15, -0.1) is 24.3 Å². The first kappa shape index (κ1) is 14.3. The molecule has 0 fully saturated rings. The third-order valence-corrected chi connectivity index (χ3v) is 1.69. The molecule has 0 aromatic heterocycles. The van der Waals surface area contributed by atoms with Crippen LogP contribution in [0.4, 0.5) is 0 Å². The van der Waals surface area contributed by atoms with E-state index in [4.69, 9.17) is 0 Å². The second kappa shape index (κ2) is 8.58. The molecule has 0 unspecified atom stereocenters. The molecule has 0 amide bonds. The van der Waals surface area contributed by atoms with E-state index in [1.165, 1.54) is 0 Å². The summed E-state index contributed by atoms with van der Waals surface area (Å²) in [6.07, 6.45) is 0. The van der Waals surface area contributed by atoms with Crippen LogP contribution in [0.2, 0.25) is 0 Å².